The molecule has 4 heteroatoms. The number of aryl methyl sites for hydroxylation is 2. The van der Waals surface area contributed by atoms with Crippen molar-refractivity contribution in [2.75, 3.05) is 0 Å². The van der Waals surface area contributed by atoms with Crippen LogP contribution in [0.25, 0.3) is 0 Å². The lowest BCUT2D eigenvalue weighted by molar-refractivity contribution is 0.466. The smallest absolute Gasteiger partial charge is 0.145 e. The molecule has 1 unspecified atom stereocenters. The van der Waals surface area contributed by atoms with Crippen LogP contribution < -0.4 is 10.5 Å². The van der Waals surface area contributed by atoms with Crippen LogP contribution in [0.3, 0.4) is 0 Å². The normalized spacial score (nSPS) is 12.3. The molecule has 0 radical (unpaired) electrons. The van der Waals surface area contributed by atoms with Crippen molar-refractivity contribution in [2.45, 2.75) is 26.8 Å². The third kappa shape index (κ3) is 3.09. The van der Waals surface area contributed by atoms with Crippen LogP contribution in [0.15, 0.2) is 30.5 Å². The van der Waals surface area contributed by atoms with Crippen molar-refractivity contribution in [3.8, 4) is 11.5 Å². The molecule has 2 rings (SSSR count). The Labute approximate surface area is 112 Å². The quantitative estimate of drug-likeness (QED) is 0.916. The van der Waals surface area contributed by atoms with E-state index < -0.39 is 0 Å². The lowest BCUT2D eigenvalue weighted by Gasteiger charge is -2.15. The van der Waals surface area contributed by atoms with E-state index in [9.17, 15) is 4.39 Å². The Morgan fingerprint density at radius 3 is 2.58 bits per heavy atom. The summed E-state index contributed by atoms with van der Waals surface area (Å²) >= 11 is 0. The summed E-state index contributed by atoms with van der Waals surface area (Å²) in [6.07, 6.45) is 1.64. The van der Waals surface area contributed by atoms with E-state index in [0.29, 0.717) is 22.6 Å². The van der Waals surface area contributed by atoms with Gasteiger partial charge in [-0.15, -0.1) is 0 Å². The van der Waals surface area contributed by atoms with E-state index in [1.54, 1.807) is 26.1 Å². The molecule has 2 aromatic rings. The van der Waals surface area contributed by atoms with Gasteiger partial charge >= 0.3 is 0 Å². The van der Waals surface area contributed by atoms with E-state index in [-0.39, 0.29) is 11.9 Å². The van der Waals surface area contributed by atoms with Crippen molar-refractivity contribution >= 4 is 0 Å². The fraction of sp³-hybridized carbons (Fsp3) is 0.267. The molecule has 0 bridgehead atoms. The highest BCUT2D eigenvalue weighted by atomic mass is 19.1. The van der Waals surface area contributed by atoms with Gasteiger partial charge in [-0.25, -0.2) is 4.39 Å². The van der Waals surface area contributed by atoms with Crippen LogP contribution in [-0.4, -0.2) is 4.98 Å². The SMILES string of the molecule is Cc1ccc(Oc2cc(C)c(F)cc2C(C)N)cn1. The number of rotatable bonds is 3. The van der Waals surface area contributed by atoms with E-state index in [1.807, 2.05) is 19.1 Å². The van der Waals surface area contributed by atoms with Crippen LogP contribution in [0.1, 0.15) is 29.8 Å². The molecule has 19 heavy (non-hydrogen) atoms. The van der Waals surface area contributed by atoms with Crippen molar-refractivity contribution in [3.05, 3.63) is 53.1 Å². The van der Waals surface area contributed by atoms with Crippen LogP contribution in [0.4, 0.5) is 4.39 Å². The van der Waals surface area contributed by atoms with Crippen molar-refractivity contribution in [2.24, 2.45) is 5.73 Å². The second-order valence-corrected chi connectivity index (χ2v) is 4.67. The molecule has 1 heterocycles. The van der Waals surface area contributed by atoms with Crippen LogP contribution in [0.2, 0.25) is 0 Å². The zero-order valence-electron chi connectivity index (χ0n) is 11.3. The number of hydrogen-bond acceptors (Lipinski definition) is 3. The monoisotopic (exact) mass is 260 g/mol. The van der Waals surface area contributed by atoms with Gasteiger partial charge in [0.2, 0.25) is 0 Å². The van der Waals surface area contributed by atoms with Crippen molar-refractivity contribution in [1.29, 1.82) is 0 Å². The van der Waals surface area contributed by atoms with Crippen molar-refractivity contribution in [3.63, 3.8) is 0 Å². The first kappa shape index (κ1) is 13.5. The van der Waals surface area contributed by atoms with Gasteiger partial charge in [0.25, 0.3) is 0 Å². The molecule has 0 amide bonds. The second-order valence-electron chi connectivity index (χ2n) is 4.67. The van der Waals surface area contributed by atoms with E-state index in [2.05, 4.69) is 4.98 Å². The van der Waals surface area contributed by atoms with Gasteiger partial charge in [0.1, 0.15) is 17.3 Å². The molecule has 0 saturated carbocycles. The molecule has 100 valence electrons. The number of benzene rings is 1. The molecule has 3 nitrogen and oxygen atoms in total. The Bertz CT molecular complexity index is 579. The van der Waals surface area contributed by atoms with Crippen LogP contribution in [0.5, 0.6) is 11.5 Å². The predicted molar refractivity (Wildman–Crippen MR) is 72.8 cm³/mol. The van der Waals surface area contributed by atoms with Crippen LogP contribution in [-0.2, 0) is 0 Å². The minimum absolute atomic E-state index is 0.276. The minimum atomic E-state index is -0.302. The number of nitrogens with two attached hydrogens (primary N) is 1. The van der Waals surface area contributed by atoms with Crippen molar-refractivity contribution in [1.82, 2.24) is 4.98 Å². The number of hydrogen-bond donors (Lipinski definition) is 1. The second kappa shape index (κ2) is 5.36. The van der Waals surface area contributed by atoms with Crippen molar-refractivity contribution < 1.29 is 9.13 Å². The maximum absolute atomic E-state index is 13.6. The molecule has 0 aliphatic heterocycles. The first-order valence-electron chi connectivity index (χ1n) is 6.13. The summed E-state index contributed by atoms with van der Waals surface area (Å²) in [6, 6.07) is 6.47. The maximum Gasteiger partial charge on any atom is 0.145 e. The zero-order chi connectivity index (χ0) is 14.0. The summed E-state index contributed by atoms with van der Waals surface area (Å²) < 4.78 is 19.3. The number of halogens is 1. The summed E-state index contributed by atoms with van der Waals surface area (Å²) in [4.78, 5) is 4.16. The molecule has 1 aromatic heterocycles. The van der Waals surface area contributed by atoms with Crippen LogP contribution in [0, 0.1) is 19.7 Å². The topological polar surface area (TPSA) is 48.1 Å². The number of nitrogens with zero attached hydrogens (tertiary/aromatic N) is 1. The fourth-order valence-corrected chi connectivity index (χ4v) is 1.76. The standard InChI is InChI=1S/C15H17FN2O/c1-9-6-15(13(11(3)17)7-14(9)16)19-12-5-4-10(2)18-8-12/h4-8,11H,17H2,1-3H3. The van der Waals surface area contributed by atoms with Gasteiger partial charge in [-0.1, -0.05) is 0 Å². The Hall–Kier alpha value is -1.94. The molecule has 0 fully saturated rings. The van der Waals surface area contributed by atoms with Gasteiger partial charge in [0, 0.05) is 17.3 Å². The molecular weight excluding hydrogens is 243 g/mol. The summed E-state index contributed by atoms with van der Waals surface area (Å²) in [5.41, 5.74) is 7.93. The predicted octanol–water partition coefficient (Wildman–Crippen LogP) is 3.65. The Balaban J connectivity index is 2.38. The Kier molecular flexibility index (Phi) is 3.81. The van der Waals surface area contributed by atoms with E-state index in [0.717, 1.165) is 5.69 Å². The highest BCUT2D eigenvalue weighted by Gasteiger charge is 2.13. The first-order valence-corrected chi connectivity index (χ1v) is 6.13. The number of pyridine rings is 1. The van der Waals surface area contributed by atoms with Gasteiger partial charge in [0.15, 0.2) is 0 Å². The maximum atomic E-state index is 13.6. The Morgan fingerprint density at radius 1 is 1.26 bits per heavy atom. The third-order valence-corrected chi connectivity index (χ3v) is 2.89. The molecule has 1 aromatic carbocycles. The van der Waals surface area contributed by atoms with Gasteiger partial charge in [0.05, 0.1) is 6.20 Å². The highest BCUT2D eigenvalue weighted by molar-refractivity contribution is 5.42. The molecule has 2 N–H and O–H groups in total. The third-order valence-electron chi connectivity index (χ3n) is 2.89. The lowest BCUT2D eigenvalue weighted by Crippen LogP contribution is -2.08. The Morgan fingerprint density at radius 2 is 2.00 bits per heavy atom. The highest BCUT2D eigenvalue weighted by Crippen LogP contribution is 2.30. The zero-order valence-corrected chi connectivity index (χ0v) is 11.3. The molecule has 1 atom stereocenters. The van der Waals surface area contributed by atoms with E-state index in [4.69, 9.17) is 10.5 Å². The summed E-state index contributed by atoms with van der Waals surface area (Å²) in [7, 11) is 0. The first-order chi connectivity index (χ1) is 8.97. The largest absolute Gasteiger partial charge is 0.455 e. The number of ether oxygens (including phenoxy) is 1. The molecule has 0 spiro atoms. The summed E-state index contributed by atoms with van der Waals surface area (Å²) in [5, 5.41) is 0. The van der Waals surface area contributed by atoms with E-state index >= 15 is 0 Å². The van der Waals surface area contributed by atoms with Gasteiger partial charge in [-0.3, -0.25) is 4.98 Å². The lowest BCUT2D eigenvalue weighted by atomic mass is 10.1. The molecule has 0 saturated heterocycles. The van der Waals surface area contributed by atoms with Crippen LogP contribution >= 0.6 is 0 Å². The summed E-state index contributed by atoms with van der Waals surface area (Å²) in [5.74, 6) is 0.903. The fourth-order valence-electron chi connectivity index (χ4n) is 1.76. The van der Waals surface area contributed by atoms with Gasteiger partial charge in [-0.05, 0) is 50.6 Å². The summed E-state index contributed by atoms with van der Waals surface area (Å²) in [6.45, 7) is 5.39. The average molecular weight is 260 g/mol. The van der Waals surface area contributed by atoms with Gasteiger partial charge in [-0.2, -0.15) is 0 Å². The number of aromatic nitrogens is 1. The van der Waals surface area contributed by atoms with Gasteiger partial charge < -0.3 is 10.5 Å². The molecule has 0 aliphatic rings. The molecule has 0 aliphatic carbocycles. The average Bonchev–Trinajstić information content (AvgIpc) is 2.36. The molecular formula is C15H17FN2O. The van der Waals surface area contributed by atoms with E-state index in [1.165, 1.54) is 6.07 Å². The minimum Gasteiger partial charge on any atom is -0.455 e.